The molecule has 0 spiro atoms. The average molecular weight is 268 g/mol. The smallest absolute Gasteiger partial charge is 0.232 e. The van der Waals surface area contributed by atoms with Crippen molar-refractivity contribution in [3.8, 4) is 0 Å². The fourth-order valence-electron chi connectivity index (χ4n) is 1.62. The van der Waals surface area contributed by atoms with Crippen LogP contribution in [0.2, 0.25) is 0 Å². The first-order valence-corrected chi connectivity index (χ1v) is 6.48. The zero-order valence-electron chi connectivity index (χ0n) is 12.4. The summed E-state index contributed by atoms with van der Waals surface area (Å²) in [5.41, 5.74) is 0. The molecule has 108 valence electrons. The molecule has 0 aromatic carbocycles. The fraction of sp³-hybridized carbons (Fsp3) is 0.750. The third kappa shape index (κ3) is 4.20. The second-order valence-corrected chi connectivity index (χ2v) is 4.77. The van der Waals surface area contributed by atoms with Crippen LogP contribution in [0.5, 0.6) is 0 Å². The molecule has 1 aromatic heterocycles. The van der Waals surface area contributed by atoms with Crippen molar-refractivity contribution < 1.29 is 5.11 Å². The molecule has 0 bridgehead atoms. The molecular formula is C12H24N6O. The lowest BCUT2D eigenvalue weighted by Gasteiger charge is -2.27. The number of nitrogens with zero attached hydrogens (tertiary/aromatic N) is 5. The van der Waals surface area contributed by atoms with E-state index >= 15 is 0 Å². The van der Waals surface area contributed by atoms with Gasteiger partial charge in [0.25, 0.3) is 0 Å². The molecule has 1 aromatic rings. The van der Waals surface area contributed by atoms with Crippen molar-refractivity contribution >= 4 is 17.8 Å². The number of hydrogen-bond donors (Lipinski definition) is 2. The van der Waals surface area contributed by atoms with Crippen LogP contribution in [0.4, 0.5) is 17.8 Å². The van der Waals surface area contributed by atoms with Crippen molar-refractivity contribution in [1.82, 2.24) is 15.0 Å². The molecule has 0 atom stereocenters. The van der Waals surface area contributed by atoms with Crippen molar-refractivity contribution in [3.63, 3.8) is 0 Å². The Morgan fingerprint density at radius 2 is 1.79 bits per heavy atom. The summed E-state index contributed by atoms with van der Waals surface area (Å²) < 4.78 is 0. The maximum atomic E-state index is 8.99. The van der Waals surface area contributed by atoms with E-state index in [-0.39, 0.29) is 12.6 Å². The predicted molar refractivity (Wildman–Crippen MR) is 77.9 cm³/mol. The van der Waals surface area contributed by atoms with Gasteiger partial charge in [0, 0.05) is 40.3 Å². The Balaban J connectivity index is 3.10. The molecular weight excluding hydrogens is 244 g/mol. The molecule has 0 aliphatic carbocycles. The molecule has 0 aliphatic rings. The van der Waals surface area contributed by atoms with Crippen molar-refractivity contribution in [2.75, 3.05) is 49.4 Å². The SMILES string of the molecule is CNc1nc(N(C)C)nc(N(CCCO)C(C)C)n1. The van der Waals surface area contributed by atoms with Crippen molar-refractivity contribution in [2.45, 2.75) is 26.3 Å². The quantitative estimate of drug-likeness (QED) is 0.749. The Bertz CT molecular complexity index is 396. The molecule has 0 unspecified atom stereocenters. The molecule has 0 radical (unpaired) electrons. The molecule has 2 N–H and O–H groups in total. The Morgan fingerprint density at radius 3 is 2.26 bits per heavy atom. The van der Waals surface area contributed by atoms with Gasteiger partial charge >= 0.3 is 0 Å². The second kappa shape index (κ2) is 7.08. The zero-order valence-corrected chi connectivity index (χ0v) is 12.4. The first-order chi connectivity index (χ1) is 8.99. The molecule has 7 nitrogen and oxygen atoms in total. The summed E-state index contributed by atoms with van der Waals surface area (Å²) >= 11 is 0. The number of nitrogens with one attached hydrogen (secondary N) is 1. The molecule has 0 fully saturated rings. The van der Waals surface area contributed by atoms with E-state index in [0.29, 0.717) is 30.8 Å². The molecule has 0 saturated carbocycles. The lowest BCUT2D eigenvalue weighted by molar-refractivity contribution is 0.288. The van der Waals surface area contributed by atoms with Crippen LogP contribution in [0.15, 0.2) is 0 Å². The highest BCUT2D eigenvalue weighted by atomic mass is 16.3. The van der Waals surface area contributed by atoms with E-state index in [4.69, 9.17) is 5.11 Å². The van der Waals surface area contributed by atoms with Gasteiger partial charge in [-0.05, 0) is 20.3 Å². The average Bonchev–Trinajstić information content (AvgIpc) is 2.38. The van der Waals surface area contributed by atoms with E-state index in [1.54, 1.807) is 7.05 Å². The minimum absolute atomic E-state index is 0.160. The molecule has 1 rings (SSSR count). The van der Waals surface area contributed by atoms with Crippen LogP contribution in [0, 0.1) is 0 Å². The molecule has 0 amide bonds. The summed E-state index contributed by atoms with van der Waals surface area (Å²) in [6, 6.07) is 0.258. The first kappa shape index (κ1) is 15.4. The van der Waals surface area contributed by atoms with Crippen molar-refractivity contribution in [2.24, 2.45) is 0 Å². The summed E-state index contributed by atoms with van der Waals surface area (Å²) in [6.07, 6.45) is 0.691. The molecule has 0 aliphatic heterocycles. The maximum Gasteiger partial charge on any atom is 0.232 e. The number of hydrogen-bond acceptors (Lipinski definition) is 7. The Labute approximate surface area is 114 Å². The fourth-order valence-corrected chi connectivity index (χ4v) is 1.62. The van der Waals surface area contributed by atoms with Gasteiger partial charge in [0.2, 0.25) is 17.8 Å². The summed E-state index contributed by atoms with van der Waals surface area (Å²) in [7, 11) is 5.57. The molecule has 0 saturated heterocycles. The first-order valence-electron chi connectivity index (χ1n) is 6.48. The van der Waals surface area contributed by atoms with Gasteiger partial charge in [0.05, 0.1) is 0 Å². The molecule has 19 heavy (non-hydrogen) atoms. The van der Waals surface area contributed by atoms with Gasteiger partial charge in [-0.15, -0.1) is 0 Å². The number of aromatic nitrogens is 3. The van der Waals surface area contributed by atoms with Gasteiger partial charge in [-0.3, -0.25) is 0 Å². The van der Waals surface area contributed by atoms with E-state index in [2.05, 4.69) is 39.0 Å². The molecule has 7 heteroatoms. The van der Waals surface area contributed by atoms with E-state index in [9.17, 15) is 0 Å². The predicted octanol–water partition coefficient (Wildman–Crippen LogP) is 0.576. The number of aliphatic hydroxyl groups excluding tert-OH is 1. The highest BCUT2D eigenvalue weighted by Crippen LogP contribution is 2.17. The Morgan fingerprint density at radius 1 is 1.16 bits per heavy atom. The summed E-state index contributed by atoms with van der Waals surface area (Å²) in [5, 5.41) is 11.9. The summed E-state index contributed by atoms with van der Waals surface area (Å²) in [6.45, 7) is 5.03. The number of aliphatic hydroxyl groups is 1. The van der Waals surface area contributed by atoms with Gasteiger partial charge in [0.15, 0.2) is 0 Å². The van der Waals surface area contributed by atoms with Crippen LogP contribution in [-0.4, -0.2) is 60.4 Å². The summed E-state index contributed by atoms with van der Waals surface area (Å²) in [5.74, 6) is 1.79. The topological polar surface area (TPSA) is 77.4 Å². The van der Waals surface area contributed by atoms with Gasteiger partial charge in [0.1, 0.15) is 0 Å². The number of anilines is 3. The van der Waals surface area contributed by atoms with Crippen molar-refractivity contribution in [3.05, 3.63) is 0 Å². The van der Waals surface area contributed by atoms with Crippen LogP contribution in [-0.2, 0) is 0 Å². The van der Waals surface area contributed by atoms with Crippen molar-refractivity contribution in [1.29, 1.82) is 0 Å². The van der Waals surface area contributed by atoms with E-state index in [1.807, 2.05) is 19.0 Å². The highest BCUT2D eigenvalue weighted by Gasteiger charge is 2.16. The van der Waals surface area contributed by atoms with Gasteiger partial charge < -0.3 is 20.2 Å². The van der Waals surface area contributed by atoms with Crippen LogP contribution in [0.3, 0.4) is 0 Å². The third-order valence-electron chi connectivity index (χ3n) is 2.67. The Kier molecular flexibility index (Phi) is 5.75. The minimum Gasteiger partial charge on any atom is -0.396 e. The van der Waals surface area contributed by atoms with E-state index in [0.717, 1.165) is 0 Å². The van der Waals surface area contributed by atoms with Gasteiger partial charge in [-0.1, -0.05) is 0 Å². The molecule has 1 heterocycles. The van der Waals surface area contributed by atoms with Gasteiger partial charge in [-0.2, -0.15) is 15.0 Å². The maximum absolute atomic E-state index is 8.99. The van der Waals surface area contributed by atoms with E-state index in [1.165, 1.54) is 0 Å². The van der Waals surface area contributed by atoms with Crippen LogP contribution in [0.1, 0.15) is 20.3 Å². The minimum atomic E-state index is 0.160. The largest absolute Gasteiger partial charge is 0.396 e. The second-order valence-electron chi connectivity index (χ2n) is 4.77. The zero-order chi connectivity index (χ0) is 14.4. The lowest BCUT2D eigenvalue weighted by atomic mass is 10.3. The normalized spacial score (nSPS) is 10.7. The number of rotatable bonds is 7. The van der Waals surface area contributed by atoms with Gasteiger partial charge in [-0.25, -0.2) is 0 Å². The van der Waals surface area contributed by atoms with E-state index < -0.39 is 0 Å². The summed E-state index contributed by atoms with van der Waals surface area (Å²) in [4.78, 5) is 17.1. The lowest BCUT2D eigenvalue weighted by Crippen LogP contribution is -2.34. The Hall–Kier alpha value is -1.63. The van der Waals surface area contributed by atoms with Crippen LogP contribution >= 0.6 is 0 Å². The standard InChI is InChI=1S/C12H24N6O/c1-9(2)18(7-6-8-19)12-15-10(13-3)14-11(16-12)17(4)5/h9,19H,6-8H2,1-5H3,(H,13,14,15,16). The highest BCUT2D eigenvalue weighted by molar-refractivity contribution is 5.44. The third-order valence-corrected chi connectivity index (χ3v) is 2.67. The van der Waals surface area contributed by atoms with Crippen LogP contribution < -0.4 is 15.1 Å². The van der Waals surface area contributed by atoms with Crippen LogP contribution in [0.25, 0.3) is 0 Å². The monoisotopic (exact) mass is 268 g/mol.